The molecule has 94 valence electrons. The minimum absolute atomic E-state index is 0.0184. The topological polar surface area (TPSA) is 32.3 Å². The average molecular weight is 225 g/mol. The van der Waals surface area contributed by atoms with Crippen LogP contribution in [0.15, 0.2) is 12.7 Å². The van der Waals surface area contributed by atoms with Gasteiger partial charge in [0.1, 0.15) is 0 Å². The maximum Gasteiger partial charge on any atom is 0.0540 e. The highest BCUT2D eigenvalue weighted by Gasteiger charge is 2.18. The summed E-state index contributed by atoms with van der Waals surface area (Å²) in [5.41, 5.74) is 0. The number of hydrogen-bond acceptors (Lipinski definition) is 2. The standard InChI is InChI=1S/C14H27NO/c1-2-3-4-5-6-11-15-12-13-7-9-14(16)10-8-13/h2,13-16H,1,3-12H2. The number of allylic oxidation sites excluding steroid dienone is 1. The molecule has 1 saturated carbocycles. The van der Waals surface area contributed by atoms with Gasteiger partial charge in [0.2, 0.25) is 0 Å². The van der Waals surface area contributed by atoms with E-state index >= 15 is 0 Å². The fourth-order valence-corrected chi connectivity index (χ4v) is 2.37. The van der Waals surface area contributed by atoms with E-state index in [2.05, 4.69) is 11.9 Å². The zero-order chi connectivity index (χ0) is 11.6. The lowest BCUT2D eigenvalue weighted by atomic mass is 9.87. The van der Waals surface area contributed by atoms with Crippen LogP contribution in [0.3, 0.4) is 0 Å². The predicted octanol–water partition coefficient (Wildman–Crippen LogP) is 2.87. The maximum atomic E-state index is 9.39. The second-order valence-corrected chi connectivity index (χ2v) is 5.02. The van der Waals surface area contributed by atoms with Crippen molar-refractivity contribution in [3.05, 3.63) is 12.7 Å². The van der Waals surface area contributed by atoms with Gasteiger partial charge in [0, 0.05) is 0 Å². The van der Waals surface area contributed by atoms with Gasteiger partial charge in [-0.3, -0.25) is 0 Å². The molecule has 1 aliphatic carbocycles. The number of unbranched alkanes of at least 4 members (excludes halogenated alkanes) is 3. The summed E-state index contributed by atoms with van der Waals surface area (Å²) < 4.78 is 0. The van der Waals surface area contributed by atoms with Crippen LogP contribution in [0, 0.1) is 5.92 Å². The highest BCUT2D eigenvalue weighted by Crippen LogP contribution is 2.23. The van der Waals surface area contributed by atoms with E-state index in [-0.39, 0.29) is 6.10 Å². The fourth-order valence-electron chi connectivity index (χ4n) is 2.37. The molecule has 0 atom stereocenters. The minimum atomic E-state index is -0.0184. The first-order valence-corrected chi connectivity index (χ1v) is 6.82. The molecule has 0 saturated heterocycles. The van der Waals surface area contributed by atoms with Crippen molar-refractivity contribution in [1.82, 2.24) is 5.32 Å². The Kier molecular flexibility index (Phi) is 7.52. The summed E-state index contributed by atoms with van der Waals surface area (Å²) in [5, 5.41) is 12.9. The van der Waals surface area contributed by atoms with E-state index in [1.54, 1.807) is 0 Å². The molecule has 1 fully saturated rings. The van der Waals surface area contributed by atoms with Crippen molar-refractivity contribution >= 4 is 0 Å². The number of hydrogen-bond donors (Lipinski definition) is 2. The van der Waals surface area contributed by atoms with E-state index < -0.39 is 0 Å². The van der Waals surface area contributed by atoms with Crippen LogP contribution in [0.2, 0.25) is 0 Å². The predicted molar refractivity (Wildman–Crippen MR) is 69.5 cm³/mol. The maximum absolute atomic E-state index is 9.39. The second kappa shape index (κ2) is 8.77. The first-order chi connectivity index (χ1) is 7.83. The normalized spacial score (nSPS) is 25.6. The van der Waals surface area contributed by atoms with Gasteiger partial charge in [-0.1, -0.05) is 12.5 Å². The van der Waals surface area contributed by atoms with Crippen LogP contribution in [-0.4, -0.2) is 24.3 Å². The van der Waals surface area contributed by atoms with Crippen LogP contribution < -0.4 is 5.32 Å². The van der Waals surface area contributed by atoms with E-state index in [9.17, 15) is 5.11 Å². The highest BCUT2D eigenvalue weighted by atomic mass is 16.3. The Labute approximate surface area is 100 Å². The van der Waals surface area contributed by atoms with E-state index in [1.165, 1.54) is 32.1 Å². The van der Waals surface area contributed by atoms with Gasteiger partial charge in [-0.15, -0.1) is 6.58 Å². The largest absolute Gasteiger partial charge is 0.393 e. The zero-order valence-electron chi connectivity index (χ0n) is 10.5. The molecule has 0 bridgehead atoms. The van der Waals surface area contributed by atoms with Crippen molar-refractivity contribution < 1.29 is 5.11 Å². The molecule has 0 spiro atoms. The summed E-state index contributed by atoms with van der Waals surface area (Å²) in [7, 11) is 0. The smallest absolute Gasteiger partial charge is 0.0540 e. The third kappa shape index (κ3) is 6.29. The number of aliphatic hydroxyl groups excluding tert-OH is 1. The Morgan fingerprint density at radius 2 is 1.88 bits per heavy atom. The lowest BCUT2D eigenvalue weighted by Crippen LogP contribution is -2.28. The van der Waals surface area contributed by atoms with Gasteiger partial charge < -0.3 is 10.4 Å². The summed E-state index contributed by atoms with van der Waals surface area (Å²) in [5.74, 6) is 0.802. The van der Waals surface area contributed by atoms with Crippen molar-refractivity contribution in [2.24, 2.45) is 5.92 Å². The van der Waals surface area contributed by atoms with Crippen molar-refractivity contribution in [2.45, 2.75) is 57.5 Å². The molecule has 2 heteroatoms. The Bertz CT molecular complexity index is 174. The Morgan fingerprint density at radius 1 is 1.12 bits per heavy atom. The molecule has 0 amide bonds. The lowest BCUT2D eigenvalue weighted by molar-refractivity contribution is 0.108. The van der Waals surface area contributed by atoms with Crippen LogP contribution in [0.4, 0.5) is 0 Å². The quantitative estimate of drug-likeness (QED) is 0.492. The van der Waals surface area contributed by atoms with Crippen LogP contribution in [0.5, 0.6) is 0 Å². The highest BCUT2D eigenvalue weighted by molar-refractivity contribution is 4.73. The van der Waals surface area contributed by atoms with Crippen LogP contribution >= 0.6 is 0 Å². The fraction of sp³-hybridized carbons (Fsp3) is 0.857. The molecule has 2 nitrogen and oxygen atoms in total. The van der Waals surface area contributed by atoms with Crippen molar-refractivity contribution in [3.63, 3.8) is 0 Å². The lowest BCUT2D eigenvalue weighted by Gasteiger charge is -2.25. The minimum Gasteiger partial charge on any atom is -0.393 e. The van der Waals surface area contributed by atoms with Gasteiger partial charge in [-0.2, -0.15) is 0 Å². The SMILES string of the molecule is C=CCCCCCNCC1CCC(O)CC1. The van der Waals surface area contributed by atoms with Crippen molar-refractivity contribution in [3.8, 4) is 0 Å². The molecule has 0 aromatic rings. The van der Waals surface area contributed by atoms with Gasteiger partial charge in [0.05, 0.1) is 6.10 Å². The first-order valence-electron chi connectivity index (χ1n) is 6.82. The Balaban J connectivity index is 1.85. The molecule has 0 aliphatic heterocycles. The molecular weight excluding hydrogens is 198 g/mol. The van der Waals surface area contributed by atoms with Gasteiger partial charge in [-0.05, 0) is 64.0 Å². The van der Waals surface area contributed by atoms with Crippen molar-refractivity contribution in [2.75, 3.05) is 13.1 Å². The van der Waals surface area contributed by atoms with E-state index in [1.807, 2.05) is 6.08 Å². The number of nitrogens with one attached hydrogen (secondary N) is 1. The zero-order valence-corrected chi connectivity index (χ0v) is 10.5. The molecule has 1 aliphatic rings. The van der Waals surface area contributed by atoms with Gasteiger partial charge >= 0.3 is 0 Å². The molecule has 0 heterocycles. The summed E-state index contributed by atoms with van der Waals surface area (Å²) >= 11 is 0. The molecule has 0 radical (unpaired) electrons. The average Bonchev–Trinajstić information content (AvgIpc) is 2.30. The van der Waals surface area contributed by atoms with Crippen LogP contribution in [-0.2, 0) is 0 Å². The van der Waals surface area contributed by atoms with Gasteiger partial charge in [0.25, 0.3) is 0 Å². The van der Waals surface area contributed by atoms with E-state index in [0.717, 1.165) is 38.3 Å². The molecule has 0 unspecified atom stereocenters. The third-order valence-electron chi connectivity index (χ3n) is 3.51. The summed E-state index contributed by atoms with van der Waals surface area (Å²) in [6.07, 6.45) is 11.4. The van der Waals surface area contributed by atoms with Crippen LogP contribution in [0.1, 0.15) is 51.4 Å². The Hall–Kier alpha value is -0.340. The number of aliphatic hydroxyl groups is 1. The summed E-state index contributed by atoms with van der Waals surface area (Å²) in [6.45, 7) is 6.02. The van der Waals surface area contributed by atoms with Crippen molar-refractivity contribution in [1.29, 1.82) is 0 Å². The van der Waals surface area contributed by atoms with E-state index in [0.29, 0.717) is 0 Å². The second-order valence-electron chi connectivity index (χ2n) is 5.02. The molecule has 0 aromatic heterocycles. The van der Waals surface area contributed by atoms with Crippen LogP contribution in [0.25, 0.3) is 0 Å². The molecule has 0 aromatic carbocycles. The summed E-state index contributed by atoms with van der Waals surface area (Å²) in [4.78, 5) is 0. The molecule has 16 heavy (non-hydrogen) atoms. The van der Waals surface area contributed by atoms with Gasteiger partial charge in [-0.25, -0.2) is 0 Å². The summed E-state index contributed by atoms with van der Waals surface area (Å²) in [6, 6.07) is 0. The third-order valence-corrected chi connectivity index (χ3v) is 3.51. The number of rotatable bonds is 8. The molecule has 1 rings (SSSR count). The monoisotopic (exact) mass is 225 g/mol. The first kappa shape index (κ1) is 13.7. The Morgan fingerprint density at radius 3 is 2.56 bits per heavy atom. The molecule has 2 N–H and O–H groups in total. The van der Waals surface area contributed by atoms with Gasteiger partial charge in [0.15, 0.2) is 0 Å². The molecular formula is C14H27NO. The van der Waals surface area contributed by atoms with E-state index in [4.69, 9.17) is 0 Å².